The van der Waals surface area contributed by atoms with Crippen LogP contribution in [-0.2, 0) is 6.54 Å². The van der Waals surface area contributed by atoms with Gasteiger partial charge in [-0.05, 0) is 74.1 Å². The molecule has 3 aromatic carbocycles. The van der Waals surface area contributed by atoms with E-state index in [0.29, 0.717) is 0 Å². The molecule has 1 aliphatic rings. The minimum absolute atomic E-state index is 0.215. The van der Waals surface area contributed by atoms with E-state index in [-0.39, 0.29) is 6.04 Å². The molecule has 1 unspecified atom stereocenters. The van der Waals surface area contributed by atoms with Crippen molar-refractivity contribution in [2.75, 3.05) is 30.9 Å². The Morgan fingerprint density at radius 3 is 2.30 bits per heavy atom. The third kappa shape index (κ3) is 12.1. The molecular formula is C44H61N5O. The average molecular weight is 676 g/mol. The molecule has 50 heavy (non-hydrogen) atoms. The molecular weight excluding hydrogens is 615 g/mol. The van der Waals surface area contributed by atoms with Crippen molar-refractivity contribution in [1.29, 1.82) is 0 Å². The monoisotopic (exact) mass is 675 g/mol. The van der Waals surface area contributed by atoms with E-state index in [0.717, 1.165) is 73.1 Å². The van der Waals surface area contributed by atoms with E-state index in [1.165, 1.54) is 80.2 Å². The molecule has 1 aliphatic heterocycles. The number of rotatable bonds is 25. The number of hydrogen-bond acceptors (Lipinski definition) is 6. The fourth-order valence-electron chi connectivity index (χ4n) is 6.59. The molecule has 6 nitrogen and oxygen atoms in total. The Hall–Kier alpha value is -4.58. The summed E-state index contributed by atoms with van der Waals surface area (Å²) in [4.78, 5) is 2.39. The number of benzene rings is 3. The Morgan fingerprint density at radius 2 is 1.58 bits per heavy atom. The van der Waals surface area contributed by atoms with Crippen molar-refractivity contribution in [3.63, 3.8) is 0 Å². The maximum absolute atomic E-state index is 6.03. The highest BCUT2D eigenvalue weighted by molar-refractivity contribution is 5.72. The molecule has 268 valence electrons. The standard InChI is InChI=1S/C44H61N5O/c1-7-8-25-44(36(4)45-6)49-33-39-31-40(26-27-43(39)37(49)5)46-28-17-15-13-11-9-10-12-14-16-18-29-50-42-24-20-23-41(32-42)48-47-35(3)38-22-19-21-34(2)30-38/h7,19-24,26-27,30-32,44-48H,1,3-5,8-18,25,28-29,33H2,2,6H3. The highest BCUT2D eigenvalue weighted by Crippen LogP contribution is 2.37. The number of fused-ring (bicyclic) bond motifs is 1. The van der Waals surface area contributed by atoms with Crippen LogP contribution in [0.3, 0.4) is 0 Å². The quantitative estimate of drug-likeness (QED) is 0.0407. The Morgan fingerprint density at radius 1 is 0.860 bits per heavy atom. The summed E-state index contributed by atoms with van der Waals surface area (Å²) in [5, 5.41) is 6.92. The molecule has 0 aromatic heterocycles. The third-order valence-corrected chi connectivity index (χ3v) is 9.57. The first-order valence-corrected chi connectivity index (χ1v) is 18.7. The van der Waals surface area contributed by atoms with Crippen LogP contribution < -0.4 is 26.2 Å². The molecule has 4 rings (SSSR count). The lowest BCUT2D eigenvalue weighted by molar-refractivity contribution is 0.304. The fraction of sp³-hybridized carbons (Fsp3) is 0.409. The van der Waals surface area contributed by atoms with Gasteiger partial charge in [-0.3, -0.25) is 0 Å². The minimum atomic E-state index is 0.215. The van der Waals surface area contributed by atoms with Gasteiger partial charge in [0, 0.05) is 48.8 Å². The van der Waals surface area contributed by atoms with Crippen LogP contribution in [0.4, 0.5) is 11.4 Å². The lowest BCUT2D eigenvalue weighted by atomic mass is 10.1. The molecule has 0 spiro atoms. The summed E-state index contributed by atoms with van der Waals surface area (Å²) in [7, 11) is 1.95. The van der Waals surface area contributed by atoms with Gasteiger partial charge in [0.05, 0.1) is 24.0 Å². The smallest absolute Gasteiger partial charge is 0.121 e. The van der Waals surface area contributed by atoms with E-state index in [1.807, 2.05) is 43.5 Å². The largest absolute Gasteiger partial charge is 0.494 e. The molecule has 0 bridgehead atoms. The van der Waals surface area contributed by atoms with Gasteiger partial charge < -0.3 is 31.1 Å². The molecule has 0 fully saturated rings. The second-order valence-electron chi connectivity index (χ2n) is 13.5. The van der Waals surface area contributed by atoms with E-state index in [9.17, 15) is 0 Å². The lowest BCUT2D eigenvalue weighted by Gasteiger charge is -2.32. The number of nitrogens with zero attached hydrogens (tertiary/aromatic N) is 1. The van der Waals surface area contributed by atoms with Crippen LogP contribution in [0.15, 0.2) is 105 Å². The lowest BCUT2D eigenvalue weighted by Crippen LogP contribution is -2.35. The van der Waals surface area contributed by atoms with Crippen molar-refractivity contribution in [3.05, 3.63) is 127 Å². The summed E-state index contributed by atoms with van der Waals surface area (Å²) in [5.74, 6) is 0.888. The number of nitrogens with one attached hydrogen (secondary N) is 4. The van der Waals surface area contributed by atoms with Crippen molar-refractivity contribution < 1.29 is 4.74 Å². The Bertz CT molecular complexity index is 1540. The normalized spacial score (nSPS) is 12.6. The summed E-state index contributed by atoms with van der Waals surface area (Å²) < 4.78 is 6.03. The zero-order chi connectivity index (χ0) is 35.6. The van der Waals surface area contributed by atoms with Crippen molar-refractivity contribution >= 4 is 22.8 Å². The van der Waals surface area contributed by atoms with Gasteiger partial charge in [0.2, 0.25) is 0 Å². The number of ether oxygens (including phenoxy) is 1. The Labute approximate surface area is 302 Å². The van der Waals surface area contributed by atoms with Crippen LogP contribution in [0, 0.1) is 6.92 Å². The molecule has 0 saturated carbocycles. The number of allylic oxidation sites excluding steroid dienone is 1. The zero-order valence-electron chi connectivity index (χ0n) is 30.8. The summed E-state index contributed by atoms with van der Waals surface area (Å²) in [6.07, 6.45) is 16.7. The molecule has 0 amide bonds. The molecule has 6 heteroatoms. The van der Waals surface area contributed by atoms with E-state index < -0.39 is 0 Å². The van der Waals surface area contributed by atoms with Crippen LogP contribution in [0.2, 0.25) is 0 Å². The van der Waals surface area contributed by atoms with Crippen molar-refractivity contribution in [3.8, 4) is 5.75 Å². The summed E-state index contributed by atoms with van der Waals surface area (Å²) in [5.41, 5.74) is 16.4. The maximum atomic E-state index is 6.03. The van der Waals surface area contributed by atoms with Gasteiger partial charge in [0.25, 0.3) is 0 Å². The van der Waals surface area contributed by atoms with Crippen molar-refractivity contribution in [1.82, 2.24) is 15.6 Å². The van der Waals surface area contributed by atoms with Crippen molar-refractivity contribution in [2.24, 2.45) is 0 Å². The summed E-state index contributed by atoms with van der Waals surface area (Å²) >= 11 is 0. The molecule has 0 aliphatic carbocycles. The molecule has 0 saturated heterocycles. The summed E-state index contributed by atoms with van der Waals surface area (Å²) in [6, 6.07) is 23.3. The highest BCUT2D eigenvalue weighted by Gasteiger charge is 2.29. The molecule has 3 aromatic rings. The zero-order valence-corrected chi connectivity index (χ0v) is 30.8. The Balaban J connectivity index is 0.991. The summed E-state index contributed by atoms with van der Waals surface area (Å²) in [6.45, 7) is 21.5. The van der Waals surface area contributed by atoms with Crippen LogP contribution in [0.5, 0.6) is 5.75 Å². The van der Waals surface area contributed by atoms with Crippen LogP contribution in [-0.4, -0.2) is 31.1 Å². The second kappa shape index (κ2) is 20.8. The van der Waals surface area contributed by atoms with Crippen molar-refractivity contribution in [2.45, 2.75) is 96.6 Å². The van der Waals surface area contributed by atoms with E-state index in [2.05, 4.69) is 96.0 Å². The number of hydrogen-bond donors (Lipinski definition) is 4. The first kappa shape index (κ1) is 38.2. The van der Waals surface area contributed by atoms with E-state index in [4.69, 9.17) is 4.74 Å². The van der Waals surface area contributed by atoms with E-state index >= 15 is 0 Å². The van der Waals surface area contributed by atoms with Gasteiger partial charge in [0.15, 0.2) is 0 Å². The highest BCUT2D eigenvalue weighted by atomic mass is 16.5. The average Bonchev–Trinajstić information content (AvgIpc) is 3.45. The number of hydrazine groups is 1. The maximum Gasteiger partial charge on any atom is 0.121 e. The number of anilines is 2. The number of unbranched alkanes of at least 4 members (excludes halogenated alkanes) is 9. The van der Waals surface area contributed by atoms with E-state index in [1.54, 1.807) is 0 Å². The van der Waals surface area contributed by atoms with Gasteiger partial charge in [0.1, 0.15) is 5.75 Å². The molecule has 1 heterocycles. The van der Waals surface area contributed by atoms with Gasteiger partial charge in [-0.15, -0.1) is 6.58 Å². The topological polar surface area (TPSA) is 60.6 Å². The number of likely N-dealkylation sites (N-methyl/N-ethyl adjacent to an activating group) is 1. The number of aryl methyl sites for hydroxylation is 1. The minimum Gasteiger partial charge on any atom is -0.494 e. The van der Waals surface area contributed by atoms with Gasteiger partial charge in [-0.2, -0.15) is 0 Å². The third-order valence-electron chi connectivity index (χ3n) is 9.57. The first-order chi connectivity index (χ1) is 24.4. The van der Waals surface area contributed by atoms with Crippen LogP contribution in [0.1, 0.15) is 99.3 Å². The second-order valence-corrected chi connectivity index (χ2v) is 13.5. The molecule has 4 N–H and O–H groups in total. The SMILES string of the molecule is C=CCCC(C(=C)NC)N1Cc2cc(NCCCCCCCCCCCCOc3cccc(NNC(=C)c4cccc(C)c4)c3)ccc2C1=C. The van der Waals surface area contributed by atoms with Gasteiger partial charge in [-0.1, -0.05) is 113 Å². The predicted octanol–water partition coefficient (Wildman–Crippen LogP) is 10.8. The predicted molar refractivity (Wildman–Crippen MR) is 216 cm³/mol. The Kier molecular flexibility index (Phi) is 15.9. The van der Waals surface area contributed by atoms with Crippen LogP contribution in [0.25, 0.3) is 11.4 Å². The van der Waals surface area contributed by atoms with Gasteiger partial charge in [-0.25, -0.2) is 0 Å². The molecule has 0 radical (unpaired) electrons. The first-order valence-electron chi connectivity index (χ1n) is 18.7. The molecule has 1 atom stereocenters. The fourth-order valence-corrected chi connectivity index (χ4v) is 6.59. The van der Waals surface area contributed by atoms with Crippen LogP contribution >= 0.6 is 0 Å². The van der Waals surface area contributed by atoms with Gasteiger partial charge >= 0.3 is 0 Å².